The number of hydrogen-bond donors (Lipinski definition) is 2. The van der Waals surface area contributed by atoms with Crippen molar-refractivity contribution >= 4 is 47.0 Å². The summed E-state index contributed by atoms with van der Waals surface area (Å²) in [6.45, 7) is 8.13. The van der Waals surface area contributed by atoms with Crippen molar-refractivity contribution in [2.45, 2.75) is 33.2 Å². The molecular formula is C19H28IN5S. The molecule has 0 unspecified atom stereocenters. The van der Waals surface area contributed by atoms with Gasteiger partial charge in [0.1, 0.15) is 0 Å². The maximum atomic E-state index is 6.01. The van der Waals surface area contributed by atoms with E-state index in [9.17, 15) is 0 Å². The summed E-state index contributed by atoms with van der Waals surface area (Å²) >= 11 is 1.73. The zero-order valence-corrected chi connectivity index (χ0v) is 18.6. The Morgan fingerprint density at radius 3 is 2.58 bits per heavy atom. The van der Waals surface area contributed by atoms with Crippen LogP contribution in [-0.4, -0.2) is 35.5 Å². The Hall–Kier alpha value is -1.19. The summed E-state index contributed by atoms with van der Waals surface area (Å²) in [4.78, 5) is 11.6. The highest BCUT2D eigenvalue weighted by Gasteiger charge is 2.19. The predicted octanol–water partition coefficient (Wildman–Crippen LogP) is 4.02. The number of aliphatic imine (C=N–C) groups is 1. The van der Waals surface area contributed by atoms with Crippen molar-refractivity contribution in [3.8, 4) is 0 Å². The lowest BCUT2D eigenvalue weighted by Crippen LogP contribution is -2.34. The number of halogens is 1. The van der Waals surface area contributed by atoms with E-state index in [0.29, 0.717) is 11.9 Å². The van der Waals surface area contributed by atoms with Gasteiger partial charge in [-0.2, -0.15) is 0 Å². The summed E-state index contributed by atoms with van der Waals surface area (Å²) in [6, 6.07) is 8.18. The van der Waals surface area contributed by atoms with Gasteiger partial charge >= 0.3 is 0 Å². The molecule has 1 aromatic heterocycles. The van der Waals surface area contributed by atoms with Crippen LogP contribution in [0, 0.1) is 19.8 Å². The first kappa shape index (κ1) is 21.1. The monoisotopic (exact) mass is 485 g/mol. The SMILES string of the molecule is Cc1ccc(NC(N)=NCC2CCN(Cc3csc(C)n3)CC2)cc1.I. The molecule has 1 fully saturated rings. The molecule has 1 aliphatic rings. The number of anilines is 1. The highest BCUT2D eigenvalue weighted by molar-refractivity contribution is 14.0. The minimum atomic E-state index is 0. The zero-order valence-electron chi connectivity index (χ0n) is 15.4. The fourth-order valence-corrected chi connectivity index (χ4v) is 3.69. The number of thiazole rings is 1. The van der Waals surface area contributed by atoms with Crippen LogP contribution in [0.1, 0.15) is 29.1 Å². The van der Waals surface area contributed by atoms with Crippen molar-refractivity contribution in [3.63, 3.8) is 0 Å². The van der Waals surface area contributed by atoms with Crippen LogP contribution >= 0.6 is 35.3 Å². The van der Waals surface area contributed by atoms with Crippen molar-refractivity contribution in [2.24, 2.45) is 16.6 Å². The summed E-state index contributed by atoms with van der Waals surface area (Å²) in [6.07, 6.45) is 2.34. The largest absolute Gasteiger partial charge is 0.370 e. The number of aryl methyl sites for hydroxylation is 2. The second-order valence-electron chi connectivity index (χ2n) is 6.79. The van der Waals surface area contributed by atoms with Crippen molar-refractivity contribution < 1.29 is 0 Å². The zero-order chi connectivity index (χ0) is 17.6. The number of benzene rings is 1. The summed E-state index contributed by atoms with van der Waals surface area (Å²) < 4.78 is 0. The quantitative estimate of drug-likeness (QED) is 0.382. The third-order valence-electron chi connectivity index (χ3n) is 4.60. The molecule has 0 amide bonds. The highest BCUT2D eigenvalue weighted by Crippen LogP contribution is 2.20. The molecule has 3 rings (SSSR count). The van der Waals surface area contributed by atoms with Crippen LogP contribution in [0.3, 0.4) is 0 Å². The summed E-state index contributed by atoms with van der Waals surface area (Å²) in [5.41, 5.74) is 9.44. The molecule has 0 saturated carbocycles. The van der Waals surface area contributed by atoms with Gasteiger partial charge in [0.2, 0.25) is 0 Å². The van der Waals surface area contributed by atoms with Crippen molar-refractivity contribution in [1.82, 2.24) is 9.88 Å². The third-order valence-corrected chi connectivity index (χ3v) is 5.43. The Morgan fingerprint density at radius 2 is 1.96 bits per heavy atom. The van der Waals surface area contributed by atoms with Gasteiger partial charge in [0.15, 0.2) is 5.96 Å². The van der Waals surface area contributed by atoms with Crippen LogP contribution in [0.4, 0.5) is 5.69 Å². The molecule has 1 aromatic carbocycles. The first-order valence-electron chi connectivity index (χ1n) is 8.85. The van der Waals surface area contributed by atoms with E-state index >= 15 is 0 Å². The number of nitrogens with two attached hydrogens (primary N) is 1. The number of nitrogens with zero attached hydrogens (tertiary/aromatic N) is 3. The number of likely N-dealkylation sites (tertiary alicyclic amines) is 1. The summed E-state index contributed by atoms with van der Waals surface area (Å²) in [5.74, 6) is 1.12. The van der Waals surface area contributed by atoms with E-state index < -0.39 is 0 Å². The van der Waals surface area contributed by atoms with Gasteiger partial charge in [-0.3, -0.25) is 9.89 Å². The van der Waals surface area contributed by atoms with E-state index in [1.54, 1.807) is 11.3 Å². The summed E-state index contributed by atoms with van der Waals surface area (Å²) in [5, 5.41) is 6.48. The van der Waals surface area contributed by atoms with Crippen LogP contribution in [0.25, 0.3) is 0 Å². The Balaban J connectivity index is 0.00000243. The predicted molar refractivity (Wildman–Crippen MR) is 122 cm³/mol. The van der Waals surface area contributed by atoms with Gasteiger partial charge in [-0.15, -0.1) is 35.3 Å². The Morgan fingerprint density at radius 1 is 1.27 bits per heavy atom. The molecule has 5 nitrogen and oxygen atoms in total. The lowest BCUT2D eigenvalue weighted by Gasteiger charge is -2.30. The first-order valence-corrected chi connectivity index (χ1v) is 9.73. The fraction of sp³-hybridized carbons (Fsp3) is 0.474. The number of aromatic nitrogens is 1. The molecule has 7 heteroatoms. The molecule has 3 N–H and O–H groups in total. The topological polar surface area (TPSA) is 66.5 Å². The van der Waals surface area contributed by atoms with Gasteiger partial charge in [0.05, 0.1) is 10.7 Å². The molecule has 2 aromatic rings. The molecule has 142 valence electrons. The van der Waals surface area contributed by atoms with Crippen LogP contribution in [0.2, 0.25) is 0 Å². The van der Waals surface area contributed by atoms with Gasteiger partial charge in [0.25, 0.3) is 0 Å². The summed E-state index contributed by atoms with van der Waals surface area (Å²) in [7, 11) is 0. The van der Waals surface area contributed by atoms with Gasteiger partial charge in [-0.1, -0.05) is 17.7 Å². The molecule has 26 heavy (non-hydrogen) atoms. The smallest absolute Gasteiger partial charge is 0.193 e. The highest BCUT2D eigenvalue weighted by atomic mass is 127. The molecule has 0 aliphatic carbocycles. The maximum Gasteiger partial charge on any atom is 0.193 e. The van der Waals surface area contributed by atoms with E-state index in [-0.39, 0.29) is 24.0 Å². The van der Waals surface area contributed by atoms with Gasteiger partial charge < -0.3 is 11.1 Å². The van der Waals surface area contributed by atoms with E-state index in [2.05, 4.69) is 51.6 Å². The number of piperidine rings is 1. The number of guanidine groups is 1. The molecule has 0 bridgehead atoms. The molecule has 0 atom stereocenters. The van der Waals surface area contributed by atoms with Crippen molar-refractivity contribution in [1.29, 1.82) is 0 Å². The molecule has 1 saturated heterocycles. The Labute approximate surface area is 177 Å². The van der Waals surface area contributed by atoms with Crippen molar-refractivity contribution in [2.75, 3.05) is 25.0 Å². The van der Waals surface area contributed by atoms with Crippen LogP contribution in [-0.2, 0) is 6.54 Å². The van der Waals surface area contributed by atoms with Crippen LogP contribution < -0.4 is 11.1 Å². The van der Waals surface area contributed by atoms with Crippen molar-refractivity contribution in [3.05, 3.63) is 45.9 Å². The molecule has 0 radical (unpaired) electrons. The van der Waals surface area contributed by atoms with E-state index in [1.807, 2.05) is 12.1 Å². The standard InChI is InChI=1S/C19H27N5S.HI/c1-14-3-5-17(6-4-14)23-19(20)21-11-16-7-9-24(10-8-16)12-18-13-25-15(2)22-18;/h3-6,13,16H,7-12H2,1-2H3,(H3,20,21,23);1H. The molecule has 2 heterocycles. The average molecular weight is 485 g/mol. The van der Waals surface area contributed by atoms with Crippen LogP contribution in [0.15, 0.2) is 34.6 Å². The van der Waals surface area contributed by atoms with Gasteiger partial charge in [-0.25, -0.2) is 4.98 Å². The van der Waals surface area contributed by atoms with Gasteiger partial charge in [0, 0.05) is 24.2 Å². The third kappa shape index (κ3) is 6.51. The van der Waals surface area contributed by atoms with E-state index in [4.69, 9.17) is 5.73 Å². The lowest BCUT2D eigenvalue weighted by atomic mass is 9.97. The van der Waals surface area contributed by atoms with Gasteiger partial charge in [-0.05, 0) is 57.8 Å². The second kappa shape index (κ2) is 10.2. The Bertz CT molecular complexity index is 705. The molecular weight excluding hydrogens is 457 g/mol. The van der Waals surface area contributed by atoms with E-state index in [1.165, 1.54) is 24.1 Å². The normalized spacial score (nSPS) is 16.3. The van der Waals surface area contributed by atoms with E-state index in [0.717, 1.165) is 36.9 Å². The molecule has 1 aliphatic heterocycles. The number of nitrogens with one attached hydrogen (secondary N) is 1. The molecule has 0 spiro atoms. The maximum absolute atomic E-state index is 6.01. The number of rotatable bonds is 5. The second-order valence-corrected chi connectivity index (χ2v) is 7.86. The average Bonchev–Trinajstić information content (AvgIpc) is 3.01. The lowest BCUT2D eigenvalue weighted by molar-refractivity contribution is 0.179. The Kier molecular flexibility index (Phi) is 8.30. The van der Waals surface area contributed by atoms with Crippen LogP contribution in [0.5, 0.6) is 0 Å². The fourth-order valence-electron chi connectivity index (χ4n) is 3.09. The minimum absolute atomic E-state index is 0. The first-order chi connectivity index (χ1) is 12.1. The number of hydrogen-bond acceptors (Lipinski definition) is 4. The minimum Gasteiger partial charge on any atom is -0.370 e.